The second-order valence-corrected chi connectivity index (χ2v) is 3.52. The van der Waals surface area contributed by atoms with Gasteiger partial charge in [-0.15, -0.1) is 0 Å². The normalized spacial score (nSPS) is 10.3. The zero-order valence-corrected chi connectivity index (χ0v) is 8.80. The standard InChI is InChI=1S/C12H11NO3/c1-8-7-16-12(13-8)10-5-3-2-4-9(10)6-11(14)15/h2-5,7H,6H2,1H3,(H,14,15). The number of nitrogens with zero attached hydrogens (tertiary/aromatic N) is 1. The zero-order valence-electron chi connectivity index (χ0n) is 8.80. The summed E-state index contributed by atoms with van der Waals surface area (Å²) >= 11 is 0. The fourth-order valence-corrected chi connectivity index (χ4v) is 1.52. The molecule has 4 heteroatoms. The van der Waals surface area contributed by atoms with Gasteiger partial charge < -0.3 is 9.52 Å². The van der Waals surface area contributed by atoms with Crippen LogP contribution >= 0.6 is 0 Å². The number of carboxylic acids is 1. The van der Waals surface area contributed by atoms with Crippen molar-refractivity contribution in [1.82, 2.24) is 4.98 Å². The largest absolute Gasteiger partial charge is 0.481 e. The first kappa shape index (κ1) is 10.4. The van der Waals surface area contributed by atoms with Gasteiger partial charge in [-0.25, -0.2) is 4.98 Å². The summed E-state index contributed by atoms with van der Waals surface area (Å²) in [4.78, 5) is 14.9. The molecule has 1 heterocycles. The molecule has 0 unspecified atom stereocenters. The van der Waals surface area contributed by atoms with Crippen molar-refractivity contribution < 1.29 is 14.3 Å². The second kappa shape index (κ2) is 4.18. The lowest BCUT2D eigenvalue weighted by Gasteiger charge is -2.02. The van der Waals surface area contributed by atoms with Gasteiger partial charge in [-0.05, 0) is 18.6 Å². The summed E-state index contributed by atoms with van der Waals surface area (Å²) in [7, 11) is 0. The Hall–Kier alpha value is -2.10. The Morgan fingerprint density at radius 3 is 2.81 bits per heavy atom. The predicted molar refractivity (Wildman–Crippen MR) is 58.0 cm³/mol. The number of carboxylic acid groups (broad SMARTS) is 1. The number of aromatic nitrogens is 1. The number of aliphatic carboxylic acids is 1. The number of carbonyl (C=O) groups is 1. The molecule has 0 saturated heterocycles. The molecule has 1 aromatic heterocycles. The van der Waals surface area contributed by atoms with Crippen LogP contribution in [0, 0.1) is 6.92 Å². The maximum atomic E-state index is 10.7. The van der Waals surface area contributed by atoms with Gasteiger partial charge in [-0.1, -0.05) is 18.2 Å². The molecule has 0 fully saturated rings. The van der Waals surface area contributed by atoms with Gasteiger partial charge in [-0.3, -0.25) is 4.79 Å². The summed E-state index contributed by atoms with van der Waals surface area (Å²) in [5.41, 5.74) is 2.22. The summed E-state index contributed by atoms with van der Waals surface area (Å²) in [5.74, 6) is -0.398. The van der Waals surface area contributed by atoms with E-state index in [2.05, 4.69) is 4.98 Å². The molecule has 0 aliphatic heterocycles. The van der Waals surface area contributed by atoms with E-state index in [1.165, 1.54) is 0 Å². The van der Waals surface area contributed by atoms with Gasteiger partial charge in [0.25, 0.3) is 0 Å². The summed E-state index contributed by atoms with van der Waals surface area (Å²) in [6, 6.07) is 7.21. The van der Waals surface area contributed by atoms with E-state index < -0.39 is 5.97 Å². The van der Waals surface area contributed by atoms with Gasteiger partial charge in [-0.2, -0.15) is 0 Å². The molecule has 0 saturated carbocycles. The van der Waals surface area contributed by atoms with Crippen molar-refractivity contribution in [2.75, 3.05) is 0 Å². The van der Waals surface area contributed by atoms with Crippen molar-refractivity contribution >= 4 is 5.97 Å². The Morgan fingerprint density at radius 2 is 2.19 bits per heavy atom. The fraction of sp³-hybridized carbons (Fsp3) is 0.167. The molecule has 0 atom stereocenters. The first-order chi connectivity index (χ1) is 7.66. The molecule has 1 aromatic carbocycles. The lowest BCUT2D eigenvalue weighted by Crippen LogP contribution is -2.01. The van der Waals surface area contributed by atoms with E-state index in [9.17, 15) is 4.79 Å². The highest BCUT2D eigenvalue weighted by atomic mass is 16.4. The monoisotopic (exact) mass is 217 g/mol. The molecule has 0 radical (unpaired) electrons. The van der Waals surface area contributed by atoms with Crippen LogP contribution in [-0.2, 0) is 11.2 Å². The quantitative estimate of drug-likeness (QED) is 0.856. The Kier molecular flexibility index (Phi) is 2.72. The minimum atomic E-state index is -0.865. The van der Waals surface area contributed by atoms with Crippen LogP contribution in [0.5, 0.6) is 0 Å². The van der Waals surface area contributed by atoms with E-state index in [4.69, 9.17) is 9.52 Å². The topological polar surface area (TPSA) is 63.3 Å². The third-order valence-electron chi connectivity index (χ3n) is 2.21. The van der Waals surface area contributed by atoms with Crippen molar-refractivity contribution in [3.05, 3.63) is 41.8 Å². The van der Waals surface area contributed by atoms with Gasteiger partial charge in [0.2, 0.25) is 5.89 Å². The number of hydrogen-bond acceptors (Lipinski definition) is 3. The Morgan fingerprint density at radius 1 is 1.44 bits per heavy atom. The molecule has 0 amide bonds. The highest BCUT2D eigenvalue weighted by Crippen LogP contribution is 2.23. The Bertz CT molecular complexity index is 516. The number of oxazole rings is 1. The highest BCUT2D eigenvalue weighted by molar-refractivity contribution is 5.74. The summed E-state index contributed by atoms with van der Waals surface area (Å²) < 4.78 is 5.27. The molecule has 0 spiro atoms. The molecule has 82 valence electrons. The van der Waals surface area contributed by atoms with E-state index in [1.807, 2.05) is 19.1 Å². The van der Waals surface area contributed by atoms with Gasteiger partial charge in [0.15, 0.2) is 0 Å². The van der Waals surface area contributed by atoms with Gasteiger partial charge in [0.05, 0.1) is 12.1 Å². The molecular formula is C12H11NO3. The highest BCUT2D eigenvalue weighted by Gasteiger charge is 2.11. The Balaban J connectivity index is 2.43. The average Bonchev–Trinajstić information content (AvgIpc) is 2.65. The molecule has 16 heavy (non-hydrogen) atoms. The summed E-state index contributed by atoms with van der Waals surface area (Å²) in [5, 5.41) is 8.79. The molecule has 2 rings (SSSR count). The van der Waals surface area contributed by atoms with E-state index in [0.717, 1.165) is 11.3 Å². The molecule has 2 aromatic rings. The van der Waals surface area contributed by atoms with Crippen LogP contribution in [0.15, 0.2) is 34.9 Å². The van der Waals surface area contributed by atoms with Crippen LogP contribution < -0.4 is 0 Å². The van der Waals surface area contributed by atoms with Crippen LogP contribution in [0.2, 0.25) is 0 Å². The molecular weight excluding hydrogens is 206 g/mol. The maximum Gasteiger partial charge on any atom is 0.307 e. The molecule has 0 bridgehead atoms. The van der Waals surface area contributed by atoms with Crippen LogP contribution in [0.25, 0.3) is 11.5 Å². The fourth-order valence-electron chi connectivity index (χ4n) is 1.52. The van der Waals surface area contributed by atoms with Gasteiger partial charge in [0, 0.05) is 5.56 Å². The van der Waals surface area contributed by atoms with E-state index in [0.29, 0.717) is 11.5 Å². The van der Waals surface area contributed by atoms with E-state index in [-0.39, 0.29) is 6.42 Å². The summed E-state index contributed by atoms with van der Waals surface area (Å²) in [6.45, 7) is 1.83. The van der Waals surface area contributed by atoms with Crippen LogP contribution in [0.1, 0.15) is 11.3 Å². The Labute approximate surface area is 92.6 Å². The molecule has 0 aliphatic rings. The number of rotatable bonds is 3. The number of hydrogen-bond donors (Lipinski definition) is 1. The number of benzene rings is 1. The van der Waals surface area contributed by atoms with Gasteiger partial charge in [0.1, 0.15) is 6.26 Å². The second-order valence-electron chi connectivity index (χ2n) is 3.52. The number of aryl methyl sites for hydroxylation is 1. The molecule has 1 N–H and O–H groups in total. The van der Waals surface area contributed by atoms with E-state index in [1.54, 1.807) is 18.4 Å². The van der Waals surface area contributed by atoms with Crippen LogP contribution in [0.3, 0.4) is 0 Å². The molecule has 0 aliphatic carbocycles. The first-order valence-corrected chi connectivity index (χ1v) is 4.89. The zero-order chi connectivity index (χ0) is 11.5. The first-order valence-electron chi connectivity index (χ1n) is 4.89. The minimum absolute atomic E-state index is 0.0302. The maximum absolute atomic E-state index is 10.7. The lowest BCUT2D eigenvalue weighted by atomic mass is 10.0. The minimum Gasteiger partial charge on any atom is -0.481 e. The smallest absolute Gasteiger partial charge is 0.307 e. The SMILES string of the molecule is Cc1coc(-c2ccccc2CC(=O)O)n1. The lowest BCUT2D eigenvalue weighted by molar-refractivity contribution is -0.136. The third-order valence-corrected chi connectivity index (χ3v) is 2.21. The van der Waals surface area contributed by atoms with Crippen LogP contribution in [0.4, 0.5) is 0 Å². The van der Waals surface area contributed by atoms with Gasteiger partial charge >= 0.3 is 5.97 Å². The predicted octanol–water partition coefficient (Wildman–Crippen LogP) is 2.28. The van der Waals surface area contributed by atoms with Crippen molar-refractivity contribution in [2.24, 2.45) is 0 Å². The van der Waals surface area contributed by atoms with Crippen molar-refractivity contribution in [2.45, 2.75) is 13.3 Å². The molecule has 4 nitrogen and oxygen atoms in total. The average molecular weight is 217 g/mol. The third kappa shape index (κ3) is 2.11. The van der Waals surface area contributed by atoms with E-state index >= 15 is 0 Å². The van der Waals surface area contributed by atoms with Crippen molar-refractivity contribution in [3.8, 4) is 11.5 Å². The summed E-state index contributed by atoms with van der Waals surface area (Å²) in [6.07, 6.45) is 1.52. The van der Waals surface area contributed by atoms with Crippen molar-refractivity contribution in [1.29, 1.82) is 0 Å². The van der Waals surface area contributed by atoms with Crippen LogP contribution in [-0.4, -0.2) is 16.1 Å². The van der Waals surface area contributed by atoms with Crippen molar-refractivity contribution in [3.63, 3.8) is 0 Å².